The normalized spacial score (nSPS) is 42.3. The van der Waals surface area contributed by atoms with Crippen molar-refractivity contribution in [1.29, 1.82) is 0 Å². The molecule has 6 unspecified atom stereocenters. The molecular weight excluding hydrogens is 359 g/mol. The van der Waals surface area contributed by atoms with E-state index in [0.717, 1.165) is 35.5 Å². The molecule has 0 nitrogen and oxygen atoms in total. The van der Waals surface area contributed by atoms with Gasteiger partial charge < -0.3 is 0 Å². The Morgan fingerprint density at radius 2 is 0.957 bits per heavy atom. The summed E-state index contributed by atoms with van der Waals surface area (Å²) in [5.74, 6) is 6.91. The summed E-state index contributed by atoms with van der Waals surface area (Å²) in [6.07, 6.45) is 22.1. The second-order valence-electron chi connectivity index (χ2n) is 8.74. The Hall–Kier alpha value is 1.29. The summed E-state index contributed by atoms with van der Waals surface area (Å²) in [6, 6.07) is 0. The van der Waals surface area contributed by atoms with Crippen molar-refractivity contribution in [2.24, 2.45) is 35.5 Å². The topological polar surface area (TPSA) is 0 Å². The molecule has 4 aliphatic rings. The summed E-state index contributed by atoms with van der Waals surface area (Å²) in [4.78, 5) is 0. The molecule has 23 heavy (non-hydrogen) atoms. The van der Waals surface area contributed by atoms with Crippen LogP contribution in [0.2, 0.25) is 0 Å². The zero-order valence-corrected chi connectivity index (χ0v) is 17.7. The predicted molar refractivity (Wildman–Crippen MR) is 97.3 cm³/mol. The SMILES string of the molecule is C1CCC2C(C1)CCC2CCC1CCC2CCCCC21.[Cl][Ti][Cl]. The molecule has 4 aliphatic carbocycles. The predicted octanol–water partition coefficient (Wildman–Crippen LogP) is 7.58. The van der Waals surface area contributed by atoms with E-state index in [0.29, 0.717) is 0 Å². The van der Waals surface area contributed by atoms with E-state index >= 15 is 0 Å². The van der Waals surface area contributed by atoms with Crippen molar-refractivity contribution in [3.63, 3.8) is 0 Å². The molecule has 0 aromatic rings. The summed E-state index contributed by atoms with van der Waals surface area (Å²) < 4.78 is 0. The van der Waals surface area contributed by atoms with Gasteiger partial charge >= 0.3 is 35.6 Å². The van der Waals surface area contributed by atoms with Crippen LogP contribution in [0.15, 0.2) is 0 Å². The third-order valence-corrected chi connectivity index (χ3v) is 7.87. The first-order valence-electron chi connectivity index (χ1n) is 10.3. The van der Waals surface area contributed by atoms with Gasteiger partial charge in [0.15, 0.2) is 0 Å². The van der Waals surface area contributed by atoms with Gasteiger partial charge in [-0.15, -0.1) is 0 Å². The van der Waals surface area contributed by atoms with Crippen LogP contribution in [0.25, 0.3) is 0 Å². The van der Waals surface area contributed by atoms with Crippen molar-refractivity contribution in [3.8, 4) is 0 Å². The van der Waals surface area contributed by atoms with Gasteiger partial charge in [-0.25, -0.2) is 0 Å². The molecule has 0 N–H and O–H groups in total. The Morgan fingerprint density at radius 3 is 1.39 bits per heavy atom. The molecule has 0 aromatic carbocycles. The standard InChI is InChI=1S/C20H34.2ClH.Ti/c1-3-7-19-15(5-1)9-11-17(19)13-14-18-12-10-16-6-2-4-8-20(16)18;;;/h15-20H,1-14H2;2*1H;/q;;;+2/p-2. The first-order valence-corrected chi connectivity index (χ1v) is 14.6. The molecule has 0 spiro atoms. The van der Waals surface area contributed by atoms with E-state index in [4.69, 9.17) is 18.6 Å². The third-order valence-electron chi connectivity index (χ3n) is 7.87. The van der Waals surface area contributed by atoms with Gasteiger partial charge in [-0.3, -0.25) is 0 Å². The van der Waals surface area contributed by atoms with Gasteiger partial charge in [-0.1, -0.05) is 38.5 Å². The number of rotatable bonds is 3. The van der Waals surface area contributed by atoms with Crippen LogP contribution < -0.4 is 0 Å². The fourth-order valence-corrected chi connectivity index (χ4v) is 6.86. The molecule has 4 rings (SSSR count). The first kappa shape index (κ1) is 19.1. The molecule has 0 aliphatic heterocycles. The van der Waals surface area contributed by atoms with E-state index in [1.165, 1.54) is 0 Å². The van der Waals surface area contributed by atoms with Crippen molar-refractivity contribution in [1.82, 2.24) is 0 Å². The number of fused-ring (bicyclic) bond motifs is 2. The summed E-state index contributed by atoms with van der Waals surface area (Å²) in [6.45, 7) is 0. The third kappa shape index (κ3) is 4.93. The Bertz CT molecular complexity index is 317. The molecule has 4 saturated carbocycles. The van der Waals surface area contributed by atoms with Gasteiger partial charge in [0.25, 0.3) is 0 Å². The van der Waals surface area contributed by atoms with Crippen molar-refractivity contribution in [3.05, 3.63) is 0 Å². The van der Waals surface area contributed by atoms with Crippen LogP contribution in [0.1, 0.15) is 89.9 Å². The molecule has 0 saturated heterocycles. The zero-order valence-electron chi connectivity index (χ0n) is 14.6. The van der Waals surface area contributed by atoms with E-state index in [2.05, 4.69) is 0 Å². The van der Waals surface area contributed by atoms with Gasteiger partial charge in [-0.05, 0) is 86.9 Å². The van der Waals surface area contributed by atoms with Crippen LogP contribution in [0.5, 0.6) is 0 Å². The van der Waals surface area contributed by atoms with E-state index in [9.17, 15) is 0 Å². The number of hydrogen-bond acceptors (Lipinski definition) is 0. The van der Waals surface area contributed by atoms with Crippen molar-refractivity contribution in [2.45, 2.75) is 89.9 Å². The molecular formula is C20H34Cl2Ti. The molecule has 0 radical (unpaired) electrons. The Labute approximate surface area is 160 Å². The van der Waals surface area contributed by atoms with Gasteiger partial charge in [0, 0.05) is 0 Å². The van der Waals surface area contributed by atoms with Crippen LogP contribution in [0, 0.1) is 35.5 Å². The fourth-order valence-electron chi connectivity index (χ4n) is 6.86. The summed E-state index contributed by atoms with van der Waals surface area (Å²) in [7, 11) is 9.78. The van der Waals surface area contributed by atoms with Gasteiger partial charge in [0.2, 0.25) is 0 Å². The average Bonchev–Trinajstić information content (AvgIpc) is 3.18. The Balaban J connectivity index is 0.000000485. The minimum atomic E-state index is -0.556. The molecule has 0 aromatic heterocycles. The van der Waals surface area contributed by atoms with Crippen LogP contribution in [0.4, 0.5) is 0 Å². The van der Waals surface area contributed by atoms with Crippen molar-refractivity contribution < 1.29 is 17.0 Å². The summed E-state index contributed by atoms with van der Waals surface area (Å²) >= 11 is -0.556. The maximum absolute atomic E-state index is 4.89. The van der Waals surface area contributed by atoms with Crippen LogP contribution >= 0.6 is 18.6 Å². The van der Waals surface area contributed by atoms with Crippen LogP contribution in [0.3, 0.4) is 0 Å². The van der Waals surface area contributed by atoms with Crippen molar-refractivity contribution in [2.75, 3.05) is 0 Å². The van der Waals surface area contributed by atoms with Gasteiger partial charge in [-0.2, -0.15) is 0 Å². The molecule has 132 valence electrons. The molecule has 6 atom stereocenters. The molecule has 4 fully saturated rings. The zero-order chi connectivity index (χ0) is 16.1. The van der Waals surface area contributed by atoms with Crippen LogP contribution in [-0.2, 0) is 17.0 Å². The molecule has 0 heterocycles. The van der Waals surface area contributed by atoms with Gasteiger partial charge in [0.1, 0.15) is 0 Å². The monoisotopic (exact) mass is 392 g/mol. The van der Waals surface area contributed by atoms with Gasteiger partial charge in [0.05, 0.1) is 0 Å². The number of halogens is 2. The Morgan fingerprint density at radius 1 is 0.565 bits per heavy atom. The number of hydrogen-bond donors (Lipinski definition) is 0. The Kier molecular flexibility index (Phi) is 8.16. The van der Waals surface area contributed by atoms with E-state index < -0.39 is 17.0 Å². The second kappa shape index (κ2) is 9.84. The fraction of sp³-hybridized carbons (Fsp3) is 1.00. The first-order chi connectivity index (χ1) is 11.3. The molecule has 3 heteroatoms. The quantitative estimate of drug-likeness (QED) is 0.434. The van der Waals surface area contributed by atoms with E-state index in [-0.39, 0.29) is 0 Å². The van der Waals surface area contributed by atoms with E-state index in [1.807, 2.05) is 0 Å². The molecule has 0 bridgehead atoms. The minimum absolute atomic E-state index is 0.556. The van der Waals surface area contributed by atoms with Crippen LogP contribution in [-0.4, -0.2) is 0 Å². The van der Waals surface area contributed by atoms with Crippen molar-refractivity contribution >= 4 is 18.6 Å². The maximum atomic E-state index is 4.89. The average molecular weight is 393 g/mol. The molecule has 0 amide bonds. The second-order valence-corrected chi connectivity index (χ2v) is 11.3. The summed E-state index contributed by atoms with van der Waals surface area (Å²) in [5, 5.41) is 0. The van der Waals surface area contributed by atoms with E-state index in [1.54, 1.807) is 89.9 Å². The summed E-state index contributed by atoms with van der Waals surface area (Å²) in [5.41, 5.74) is 0.